The van der Waals surface area contributed by atoms with Gasteiger partial charge in [0, 0.05) is 30.9 Å². The highest BCUT2D eigenvalue weighted by Crippen LogP contribution is 2.30. The second kappa shape index (κ2) is 11.9. The van der Waals surface area contributed by atoms with Crippen molar-refractivity contribution in [3.8, 4) is 0 Å². The molecule has 0 aliphatic heterocycles. The number of anilines is 5. The molecule has 2 aromatic carbocycles. The van der Waals surface area contributed by atoms with Crippen LogP contribution in [0.2, 0.25) is 5.02 Å². The number of nitrogens with zero attached hydrogens (tertiary/aromatic N) is 3. The summed E-state index contributed by atoms with van der Waals surface area (Å²) in [5.41, 5.74) is 2.24. The van der Waals surface area contributed by atoms with Crippen molar-refractivity contribution in [2.75, 3.05) is 36.7 Å². The van der Waals surface area contributed by atoms with Crippen LogP contribution < -0.4 is 20.3 Å². The maximum Gasteiger partial charge on any atom is 0.490 e. The minimum Gasteiger partial charge on any atom is -0.475 e. The molecule has 0 saturated heterocycles. The van der Waals surface area contributed by atoms with E-state index >= 15 is 0 Å². The highest BCUT2D eigenvalue weighted by atomic mass is 35.5. The Morgan fingerprint density at radius 3 is 2.06 bits per heavy atom. The van der Waals surface area contributed by atoms with Crippen molar-refractivity contribution in [3.05, 3.63) is 59.9 Å². The molecule has 0 unspecified atom stereocenters. The molecule has 194 valence electrons. The van der Waals surface area contributed by atoms with E-state index in [1.54, 1.807) is 36.4 Å². The standard InChI is InChI=1S/C19H21ClN6O2S.C2HF3O2/c1-21-29(27,28)15-8-9-17(26(2)3)16(10-15)25-19-11-18(22-12-23-19)24-14-6-4-13(20)5-7-14;3-2(4,5)1(6)7/h4-12,21H,1-3H3,(H2,22,23,24,25);(H,6,7). The van der Waals surface area contributed by atoms with Gasteiger partial charge in [-0.3, -0.25) is 0 Å². The van der Waals surface area contributed by atoms with Crippen LogP contribution in [0, 0.1) is 0 Å². The van der Waals surface area contributed by atoms with E-state index in [1.165, 1.54) is 13.4 Å². The molecule has 0 fully saturated rings. The van der Waals surface area contributed by atoms with Crippen LogP contribution in [0.15, 0.2) is 59.8 Å². The Morgan fingerprint density at radius 1 is 1.00 bits per heavy atom. The number of sulfonamides is 1. The number of halogens is 4. The van der Waals surface area contributed by atoms with Crippen molar-refractivity contribution in [1.82, 2.24) is 14.7 Å². The molecule has 15 heteroatoms. The number of hydrogen-bond donors (Lipinski definition) is 4. The third-order valence-electron chi connectivity index (χ3n) is 4.32. The van der Waals surface area contributed by atoms with Crippen LogP contribution in [-0.2, 0) is 14.8 Å². The second-order valence-corrected chi connectivity index (χ2v) is 9.45. The number of nitrogens with one attached hydrogen (secondary N) is 3. The molecule has 10 nitrogen and oxygen atoms in total. The average Bonchev–Trinajstić information content (AvgIpc) is 2.80. The Morgan fingerprint density at radius 2 is 1.56 bits per heavy atom. The molecule has 36 heavy (non-hydrogen) atoms. The Kier molecular flexibility index (Phi) is 9.44. The van der Waals surface area contributed by atoms with Gasteiger partial charge in [0.05, 0.1) is 16.3 Å². The molecule has 4 N–H and O–H groups in total. The molecule has 0 radical (unpaired) electrons. The number of aromatic nitrogens is 2. The Balaban J connectivity index is 0.000000572. The zero-order valence-electron chi connectivity index (χ0n) is 19.1. The number of aliphatic carboxylic acids is 1. The molecule has 3 rings (SSSR count). The first kappa shape index (κ1) is 28.6. The molecule has 0 saturated carbocycles. The van der Waals surface area contributed by atoms with E-state index in [4.69, 9.17) is 21.5 Å². The Labute approximate surface area is 210 Å². The molecule has 0 aliphatic carbocycles. The van der Waals surface area contributed by atoms with Gasteiger partial charge in [-0.05, 0) is 49.5 Å². The summed E-state index contributed by atoms with van der Waals surface area (Å²) in [6, 6.07) is 13.8. The number of hydrogen-bond acceptors (Lipinski definition) is 8. The summed E-state index contributed by atoms with van der Waals surface area (Å²) >= 11 is 5.91. The van der Waals surface area contributed by atoms with Gasteiger partial charge in [-0.2, -0.15) is 13.2 Å². The van der Waals surface area contributed by atoms with Gasteiger partial charge in [-0.15, -0.1) is 0 Å². The lowest BCUT2D eigenvalue weighted by Crippen LogP contribution is -2.21. The van der Waals surface area contributed by atoms with Gasteiger partial charge in [0.15, 0.2) is 0 Å². The monoisotopic (exact) mass is 546 g/mol. The summed E-state index contributed by atoms with van der Waals surface area (Å²) in [5, 5.41) is 14.1. The maximum atomic E-state index is 12.2. The minimum atomic E-state index is -5.08. The fourth-order valence-corrected chi connectivity index (χ4v) is 3.49. The van der Waals surface area contributed by atoms with E-state index in [2.05, 4.69) is 25.3 Å². The van der Waals surface area contributed by atoms with Crippen LogP contribution >= 0.6 is 11.6 Å². The zero-order valence-corrected chi connectivity index (χ0v) is 20.7. The third-order valence-corrected chi connectivity index (χ3v) is 5.98. The third kappa shape index (κ3) is 8.25. The molecule has 1 heterocycles. The van der Waals surface area contributed by atoms with Gasteiger partial charge in [-0.25, -0.2) is 27.9 Å². The first-order valence-electron chi connectivity index (χ1n) is 9.89. The van der Waals surface area contributed by atoms with Gasteiger partial charge in [-0.1, -0.05) is 11.6 Å². The molecular formula is C21H22ClF3N6O4S. The zero-order chi connectivity index (χ0) is 27.1. The molecule has 0 amide bonds. The van der Waals surface area contributed by atoms with E-state index in [9.17, 15) is 21.6 Å². The highest BCUT2D eigenvalue weighted by molar-refractivity contribution is 7.89. The smallest absolute Gasteiger partial charge is 0.475 e. The van der Waals surface area contributed by atoms with Crippen LogP contribution in [0.4, 0.5) is 41.9 Å². The van der Waals surface area contributed by atoms with Crippen molar-refractivity contribution in [2.24, 2.45) is 0 Å². The summed E-state index contributed by atoms with van der Waals surface area (Å²) in [5.74, 6) is -1.67. The topological polar surface area (TPSA) is 137 Å². The number of carbonyl (C=O) groups is 1. The van der Waals surface area contributed by atoms with Gasteiger partial charge >= 0.3 is 12.1 Å². The number of rotatable bonds is 7. The number of alkyl halides is 3. The number of carboxylic acids is 1. The lowest BCUT2D eigenvalue weighted by atomic mass is 10.2. The normalized spacial score (nSPS) is 11.2. The van der Waals surface area contributed by atoms with Crippen molar-refractivity contribution >= 4 is 56.3 Å². The largest absolute Gasteiger partial charge is 0.490 e. The molecule has 3 aromatic rings. The van der Waals surface area contributed by atoms with Gasteiger partial charge < -0.3 is 20.6 Å². The SMILES string of the molecule is CNS(=O)(=O)c1ccc(N(C)C)c(Nc2cc(Nc3ccc(Cl)cc3)ncn2)c1.O=C(O)C(F)(F)F. The average molecular weight is 547 g/mol. The van der Waals surface area contributed by atoms with E-state index < -0.39 is 22.2 Å². The fourth-order valence-electron chi connectivity index (χ4n) is 2.60. The van der Waals surface area contributed by atoms with Gasteiger partial charge in [0.1, 0.15) is 18.0 Å². The van der Waals surface area contributed by atoms with Crippen LogP contribution in [-0.4, -0.2) is 56.8 Å². The summed E-state index contributed by atoms with van der Waals surface area (Å²) < 4.78 is 58.4. The van der Waals surface area contributed by atoms with Crippen molar-refractivity contribution in [2.45, 2.75) is 11.1 Å². The first-order chi connectivity index (χ1) is 16.7. The molecule has 1 aromatic heterocycles. The number of carboxylic acid groups (broad SMARTS) is 1. The van der Waals surface area contributed by atoms with E-state index in [1.807, 2.05) is 31.1 Å². The lowest BCUT2D eigenvalue weighted by Gasteiger charge is -2.19. The Hall–Kier alpha value is -3.62. The maximum absolute atomic E-state index is 12.2. The molecule has 0 bridgehead atoms. The van der Waals surface area contributed by atoms with E-state index in [0.717, 1.165) is 11.4 Å². The lowest BCUT2D eigenvalue weighted by molar-refractivity contribution is -0.192. The van der Waals surface area contributed by atoms with Crippen molar-refractivity contribution < 1.29 is 31.5 Å². The van der Waals surface area contributed by atoms with Crippen LogP contribution in [0.25, 0.3) is 0 Å². The summed E-state index contributed by atoms with van der Waals surface area (Å²) in [6.45, 7) is 0. The summed E-state index contributed by atoms with van der Waals surface area (Å²) in [6.07, 6.45) is -3.66. The molecule has 0 aliphatic rings. The predicted molar refractivity (Wildman–Crippen MR) is 131 cm³/mol. The molecule has 0 spiro atoms. The highest BCUT2D eigenvalue weighted by Gasteiger charge is 2.38. The second-order valence-electron chi connectivity index (χ2n) is 7.13. The first-order valence-corrected chi connectivity index (χ1v) is 11.8. The van der Waals surface area contributed by atoms with E-state index in [0.29, 0.717) is 22.3 Å². The van der Waals surface area contributed by atoms with Gasteiger partial charge in [0.25, 0.3) is 0 Å². The van der Waals surface area contributed by atoms with Crippen LogP contribution in [0.5, 0.6) is 0 Å². The number of benzene rings is 2. The van der Waals surface area contributed by atoms with Crippen LogP contribution in [0.1, 0.15) is 0 Å². The minimum absolute atomic E-state index is 0.154. The predicted octanol–water partition coefficient (Wildman–Crippen LogP) is 4.22. The quantitative estimate of drug-likeness (QED) is 0.343. The van der Waals surface area contributed by atoms with E-state index in [-0.39, 0.29) is 4.90 Å². The summed E-state index contributed by atoms with van der Waals surface area (Å²) in [4.78, 5) is 19.4. The van der Waals surface area contributed by atoms with Crippen LogP contribution in [0.3, 0.4) is 0 Å². The molecule has 0 atom stereocenters. The Bertz CT molecular complexity index is 1310. The van der Waals surface area contributed by atoms with Crippen molar-refractivity contribution in [1.29, 1.82) is 0 Å². The van der Waals surface area contributed by atoms with Crippen molar-refractivity contribution in [3.63, 3.8) is 0 Å². The molecular weight excluding hydrogens is 525 g/mol. The summed E-state index contributed by atoms with van der Waals surface area (Å²) in [7, 11) is 1.55. The van der Waals surface area contributed by atoms with Gasteiger partial charge in [0.2, 0.25) is 10.0 Å². The fraction of sp³-hybridized carbons (Fsp3) is 0.190.